The Morgan fingerprint density at radius 3 is 2.85 bits per heavy atom. The summed E-state index contributed by atoms with van der Waals surface area (Å²) in [5.41, 5.74) is 4.06. The smallest absolute Gasteiger partial charge is 0.247 e. The molecular formula is C31H29FN6O2S. The summed E-state index contributed by atoms with van der Waals surface area (Å²) in [6, 6.07) is 16.4. The number of amides is 1. The maximum absolute atomic E-state index is 13.7. The van der Waals surface area contributed by atoms with Crippen molar-refractivity contribution in [3.8, 4) is 0 Å². The highest BCUT2D eigenvalue weighted by Gasteiger charge is 2.17. The van der Waals surface area contributed by atoms with Gasteiger partial charge >= 0.3 is 0 Å². The maximum atomic E-state index is 13.7. The van der Waals surface area contributed by atoms with Crippen molar-refractivity contribution < 1.29 is 13.9 Å². The summed E-state index contributed by atoms with van der Waals surface area (Å²) in [4.78, 5) is 22.2. The summed E-state index contributed by atoms with van der Waals surface area (Å²) in [7, 11) is 0. The van der Waals surface area contributed by atoms with Crippen LogP contribution in [0.15, 0.2) is 84.7 Å². The molecule has 0 bridgehead atoms. The number of halogens is 1. The highest BCUT2D eigenvalue weighted by Crippen LogP contribution is 2.36. The molecule has 3 heterocycles. The first kappa shape index (κ1) is 26.9. The minimum absolute atomic E-state index is 0.261. The number of thioether (sulfide) groups is 1. The summed E-state index contributed by atoms with van der Waals surface area (Å²) in [6.07, 6.45) is 6.64. The number of ether oxygens (including phenoxy) is 1. The molecule has 3 aromatic carbocycles. The van der Waals surface area contributed by atoms with Gasteiger partial charge in [0.2, 0.25) is 5.91 Å². The van der Waals surface area contributed by atoms with Gasteiger partial charge in [0.05, 0.1) is 29.5 Å². The SMILES string of the molecule is C=CC(=O)Nc1cc2ncnc(Nc3ccc4c(cnn4Cc4cccc(F)c4)c3)c2cc1SCC1CCOCC1. The quantitative estimate of drug-likeness (QED) is 0.154. The Morgan fingerprint density at radius 1 is 1.15 bits per heavy atom. The van der Waals surface area contributed by atoms with E-state index in [9.17, 15) is 9.18 Å². The van der Waals surface area contributed by atoms with Gasteiger partial charge < -0.3 is 15.4 Å². The highest BCUT2D eigenvalue weighted by atomic mass is 32.2. The molecule has 8 nitrogen and oxygen atoms in total. The molecule has 1 aliphatic rings. The van der Waals surface area contributed by atoms with E-state index in [2.05, 4.69) is 32.3 Å². The van der Waals surface area contributed by atoms with Crippen molar-refractivity contribution in [3.63, 3.8) is 0 Å². The van der Waals surface area contributed by atoms with Gasteiger partial charge in [-0.2, -0.15) is 5.10 Å². The normalized spacial score (nSPS) is 13.9. The standard InChI is InChI=1S/C31H29FN6O2S/c1-2-30(39)37-27-15-26-25(14-29(27)41-18-20-8-10-40-11-9-20)31(34-19-33-26)36-24-6-7-28-22(13-24)16-35-38(28)17-21-4-3-5-23(32)12-21/h2-7,12-16,19-20H,1,8-11,17-18H2,(H,37,39)(H,33,34,36). The number of hydrogen-bond acceptors (Lipinski definition) is 7. The van der Waals surface area contributed by atoms with E-state index in [0.29, 0.717) is 29.5 Å². The second-order valence-corrected chi connectivity index (χ2v) is 11.0. The maximum Gasteiger partial charge on any atom is 0.247 e. The van der Waals surface area contributed by atoms with Crippen LogP contribution in [0.3, 0.4) is 0 Å². The van der Waals surface area contributed by atoms with E-state index in [-0.39, 0.29) is 11.7 Å². The zero-order valence-electron chi connectivity index (χ0n) is 22.3. The van der Waals surface area contributed by atoms with Crippen LogP contribution in [0, 0.1) is 11.7 Å². The minimum Gasteiger partial charge on any atom is -0.381 e. The van der Waals surface area contributed by atoms with Crippen LogP contribution in [0.4, 0.5) is 21.6 Å². The van der Waals surface area contributed by atoms with E-state index in [0.717, 1.165) is 64.2 Å². The van der Waals surface area contributed by atoms with Crippen LogP contribution < -0.4 is 10.6 Å². The summed E-state index contributed by atoms with van der Waals surface area (Å²) in [5.74, 6) is 1.62. The van der Waals surface area contributed by atoms with Gasteiger partial charge in [-0.15, -0.1) is 11.8 Å². The van der Waals surface area contributed by atoms with Crippen molar-refractivity contribution in [2.24, 2.45) is 5.92 Å². The Hall–Kier alpha value is -4.28. The lowest BCUT2D eigenvalue weighted by molar-refractivity contribution is -0.111. The summed E-state index contributed by atoms with van der Waals surface area (Å²) in [5, 5.41) is 12.7. The van der Waals surface area contributed by atoms with E-state index in [1.54, 1.807) is 24.0 Å². The number of nitrogens with zero attached hydrogens (tertiary/aromatic N) is 4. The number of aromatic nitrogens is 4. The van der Waals surface area contributed by atoms with E-state index in [1.165, 1.54) is 24.5 Å². The fraction of sp³-hybridized carbons (Fsp3) is 0.226. The lowest BCUT2D eigenvalue weighted by atomic mass is 10.0. The summed E-state index contributed by atoms with van der Waals surface area (Å²) >= 11 is 1.72. The fourth-order valence-electron chi connectivity index (χ4n) is 4.94. The Morgan fingerprint density at radius 2 is 2.02 bits per heavy atom. The average Bonchev–Trinajstić information content (AvgIpc) is 3.38. The predicted molar refractivity (Wildman–Crippen MR) is 161 cm³/mol. The largest absolute Gasteiger partial charge is 0.381 e. The van der Waals surface area contributed by atoms with Crippen LogP contribution in [-0.4, -0.2) is 44.6 Å². The van der Waals surface area contributed by atoms with Crippen LogP contribution in [0.1, 0.15) is 18.4 Å². The fourth-order valence-corrected chi connectivity index (χ4v) is 6.16. The molecular weight excluding hydrogens is 539 g/mol. The number of hydrogen-bond donors (Lipinski definition) is 2. The van der Waals surface area contributed by atoms with Gasteiger partial charge in [0, 0.05) is 40.3 Å². The highest BCUT2D eigenvalue weighted by molar-refractivity contribution is 7.99. The molecule has 2 aromatic heterocycles. The van der Waals surface area contributed by atoms with Gasteiger partial charge in [-0.1, -0.05) is 18.7 Å². The number of anilines is 3. The van der Waals surface area contributed by atoms with E-state index in [4.69, 9.17) is 4.74 Å². The molecule has 2 N–H and O–H groups in total. The second-order valence-electron chi connectivity index (χ2n) is 9.98. The van der Waals surface area contributed by atoms with E-state index >= 15 is 0 Å². The molecule has 5 aromatic rings. The first-order valence-corrected chi connectivity index (χ1v) is 14.4. The Balaban J connectivity index is 1.28. The van der Waals surface area contributed by atoms with Crippen LogP contribution in [0.2, 0.25) is 0 Å². The predicted octanol–water partition coefficient (Wildman–Crippen LogP) is 6.55. The van der Waals surface area contributed by atoms with Gasteiger partial charge in [0.15, 0.2) is 0 Å². The lowest BCUT2D eigenvalue weighted by Crippen LogP contribution is -2.17. The summed E-state index contributed by atoms with van der Waals surface area (Å²) < 4.78 is 21.0. The lowest BCUT2D eigenvalue weighted by Gasteiger charge is -2.22. The number of carbonyl (C=O) groups is 1. The molecule has 208 valence electrons. The number of fused-ring (bicyclic) bond motifs is 2. The monoisotopic (exact) mass is 568 g/mol. The van der Waals surface area contributed by atoms with Crippen molar-refractivity contribution in [3.05, 3.63) is 91.2 Å². The number of rotatable bonds is 9. The third kappa shape index (κ3) is 6.23. The average molecular weight is 569 g/mol. The Bertz CT molecular complexity index is 1730. The molecule has 0 spiro atoms. The molecule has 1 amide bonds. The van der Waals surface area contributed by atoms with Crippen molar-refractivity contribution >= 4 is 56.7 Å². The van der Waals surface area contributed by atoms with Crippen molar-refractivity contribution in [1.29, 1.82) is 0 Å². The molecule has 0 atom stereocenters. The van der Waals surface area contributed by atoms with E-state index in [1.807, 2.05) is 41.1 Å². The topological polar surface area (TPSA) is 94.0 Å². The first-order chi connectivity index (χ1) is 20.1. The minimum atomic E-state index is -0.268. The van der Waals surface area contributed by atoms with Gasteiger partial charge in [-0.25, -0.2) is 14.4 Å². The Labute approximate surface area is 241 Å². The van der Waals surface area contributed by atoms with Crippen LogP contribution >= 0.6 is 11.8 Å². The molecule has 1 fully saturated rings. The number of nitrogens with one attached hydrogen (secondary N) is 2. The molecule has 0 saturated carbocycles. The Kier molecular flexibility index (Phi) is 7.93. The van der Waals surface area contributed by atoms with Gasteiger partial charge in [-0.3, -0.25) is 9.48 Å². The third-order valence-corrected chi connectivity index (χ3v) is 8.41. The molecule has 0 radical (unpaired) electrons. The van der Waals surface area contributed by atoms with Crippen LogP contribution in [0.5, 0.6) is 0 Å². The van der Waals surface area contributed by atoms with Crippen LogP contribution in [0.25, 0.3) is 21.8 Å². The second kappa shape index (κ2) is 12.1. The first-order valence-electron chi connectivity index (χ1n) is 13.5. The zero-order valence-corrected chi connectivity index (χ0v) is 23.2. The third-order valence-electron chi connectivity index (χ3n) is 7.12. The molecule has 1 saturated heterocycles. The van der Waals surface area contributed by atoms with E-state index < -0.39 is 0 Å². The number of carbonyl (C=O) groups excluding carboxylic acids is 1. The van der Waals surface area contributed by atoms with Gasteiger partial charge in [0.25, 0.3) is 0 Å². The van der Waals surface area contributed by atoms with Crippen molar-refractivity contribution in [2.45, 2.75) is 24.3 Å². The van der Waals surface area contributed by atoms with Crippen LogP contribution in [-0.2, 0) is 16.1 Å². The zero-order chi connectivity index (χ0) is 28.2. The molecule has 6 rings (SSSR count). The number of benzene rings is 3. The van der Waals surface area contributed by atoms with Gasteiger partial charge in [0.1, 0.15) is 18.0 Å². The molecule has 1 aliphatic heterocycles. The molecule has 41 heavy (non-hydrogen) atoms. The van der Waals surface area contributed by atoms with Crippen molar-refractivity contribution in [2.75, 3.05) is 29.6 Å². The molecule has 0 unspecified atom stereocenters. The molecule has 0 aliphatic carbocycles. The molecule has 10 heteroatoms. The van der Waals surface area contributed by atoms with Crippen molar-refractivity contribution in [1.82, 2.24) is 19.7 Å². The van der Waals surface area contributed by atoms with Gasteiger partial charge in [-0.05, 0) is 72.9 Å². The summed E-state index contributed by atoms with van der Waals surface area (Å²) in [6.45, 7) is 5.64.